The van der Waals surface area contributed by atoms with Crippen LogP contribution in [0.3, 0.4) is 0 Å². The summed E-state index contributed by atoms with van der Waals surface area (Å²) in [6.45, 7) is 10.6. The van der Waals surface area contributed by atoms with Crippen LogP contribution in [0, 0.1) is 5.92 Å². The van der Waals surface area contributed by atoms with E-state index in [1.54, 1.807) is 0 Å². The molecule has 0 spiro atoms. The van der Waals surface area contributed by atoms with Gasteiger partial charge in [0.1, 0.15) is 5.78 Å². The van der Waals surface area contributed by atoms with Gasteiger partial charge in [-0.15, -0.1) is 0 Å². The molecule has 0 heterocycles. The second-order valence-electron chi connectivity index (χ2n) is 4.12. The molecule has 0 aliphatic rings. The third-order valence-corrected chi connectivity index (χ3v) is 2.93. The third kappa shape index (κ3) is 15.6. The van der Waals surface area contributed by atoms with E-state index in [9.17, 15) is 14.7 Å². The maximum absolute atomic E-state index is 10.2. The van der Waals surface area contributed by atoms with E-state index < -0.39 is 11.9 Å². The van der Waals surface area contributed by atoms with Crippen LogP contribution in [0.25, 0.3) is 0 Å². The molecule has 6 heteroatoms. The van der Waals surface area contributed by atoms with Gasteiger partial charge in [-0.3, -0.25) is 4.79 Å². The first-order chi connectivity index (χ1) is 7.68. The van der Waals surface area contributed by atoms with Gasteiger partial charge in [0.05, 0.1) is 11.9 Å². The van der Waals surface area contributed by atoms with Crippen molar-refractivity contribution in [3.8, 4) is 0 Å². The number of hydrogen-bond acceptors (Lipinski definition) is 5. The Balaban J connectivity index is 0. The minimum atomic E-state index is -1.31. The number of carboxylic acids is 1. The van der Waals surface area contributed by atoms with Crippen molar-refractivity contribution in [2.24, 2.45) is 5.92 Å². The first-order valence-corrected chi connectivity index (χ1v) is 6.46. The number of Topliss-reactive ketones (excluding diaryl/α,β-unsaturated/α-hetero) is 1. The second kappa shape index (κ2) is 10.7. The summed E-state index contributed by atoms with van der Waals surface area (Å²) >= 11 is -0.245. The molecule has 0 fully saturated rings. The Bertz CT molecular complexity index is 206. The molecule has 0 rings (SSSR count). The number of rotatable bonds is 6. The molecule has 0 radical (unpaired) electrons. The monoisotopic (exact) mass is 260 g/mol. The van der Waals surface area contributed by atoms with E-state index in [1.165, 1.54) is 13.8 Å². The fourth-order valence-corrected chi connectivity index (χ4v) is 0.929. The van der Waals surface area contributed by atoms with Crippen LogP contribution in [0.15, 0.2) is 0 Å². The zero-order valence-electron chi connectivity index (χ0n) is 11.4. The van der Waals surface area contributed by atoms with E-state index in [0.717, 1.165) is 0 Å². The molecule has 0 saturated heterocycles. The predicted octanol–water partition coefficient (Wildman–Crippen LogP) is 0.332. The van der Waals surface area contributed by atoms with Crippen LogP contribution in [-0.2, 0) is 17.2 Å². The molecule has 0 aromatic heterocycles. The summed E-state index contributed by atoms with van der Waals surface area (Å²) in [6.07, 6.45) is 0.609. The minimum absolute atomic E-state index is 0.245. The quantitative estimate of drug-likeness (QED) is 0.508. The molecule has 0 aromatic rings. The average molecular weight is 260 g/mol. The summed E-state index contributed by atoms with van der Waals surface area (Å²) in [5, 5.41) is 9.81. The Morgan fingerprint density at radius 1 is 1.00 bits per heavy atom. The SMILES string of the molecule is CC(=O)C(C)C(=O)[O-].CC(C)[O][Al+][O]C(C)C. The Kier molecular flexibility index (Phi) is 12.0. The van der Waals surface area contributed by atoms with Crippen LogP contribution in [0.2, 0.25) is 0 Å². The van der Waals surface area contributed by atoms with Gasteiger partial charge >= 0.3 is 63.4 Å². The Morgan fingerprint density at radius 3 is 1.47 bits per heavy atom. The van der Waals surface area contributed by atoms with Crippen LogP contribution in [0.4, 0.5) is 0 Å². The van der Waals surface area contributed by atoms with Crippen molar-refractivity contribution in [1.82, 2.24) is 0 Å². The van der Waals surface area contributed by atoms with E-state index in [1.807, 2.05) is 27.7 Å². The molecule has 0 aliphatic heterocycles. The molecule has 0 amide bonds. The molecule has 0 N–H and O–H groups in total. The molecular weight excluding hydrogens is 239 g/mol. The molecule has 1 unspecified atom stereocenters. The Morgan fingerprint density at radius 2 is 1.35 bits per heavy atom. The first-order valence-electron chi connectivity index (χ1n) is 5.52. The number of ketones is 1. The Labute approximate surface area is 110 Å². The summed E-state index contributed by atoms with van der Waals surface area (Å²) in [6, 6.07) is 0. The normalized spacial score (nSPS) is 11.5. The second-order valence-corrected chi connectivity index (χ2v) is 4.85. The zero-order chi connectivity index (χ0) is 14.0. The van der Waals surface area contributed by atoms with Crippen molar-refractivity contribution >= 4 is 27.6 Å². The van der Waals surface area contributed by atoms with Gasteiger partial charge in [0.2, 0.25) is 0 Å². The number of hydrogen-bond donors (Lipinski definition) is 0. The van der Waals surface area contributed by atoms with Gasteiger partial charge in [-0.1, -0.05) is 6.92 Å². The molecule has 98 valence electrons. The zero-order valence-corrected chi connectivity index (χ0v) is 12.5. The number of aliphatic carboxylic acids is 1. The van der Waals surface area contributed by atoms with Gasteiger partial charge in [0.25, 0.3) is 0 Å². The third-order valence-electron chi connectivity index (χ3n) is 1.62. The van der Waals surface area contributed by atoms with Gasteiger partial charge in [-0.05, 0) is 6.92 Å². The number of carbonyl (C=O) groups is 2. The van der Waals surface area contributed by atoms with Gasteiger partial charge in [0.15, 0.2) is 0 Å². The molecule has 0 aliphatic carbocycles. The molecular formula is C11H21AlO5. The number of carbonyl (C=O) groups excluding carboxylic acids is 2. The van der Waals surface area contributed by atoms with Crippen LogP contribution in [0.5, 0.6) is 0 Å². The predicted molar refractivity (Wildman–Crippen MR) is 63.0 cm³/mol. The Hall–Kier alpha value is -0.408. The summed E-state index contributed by atoms with van der Waals surface area (Å²) in [4.78, 5) is 20.0. The molecule has 0 saturated carbocycles. The molecule has 17 heavy (non-hydrogen) atoms. The van der Waals surface area contributed by atoms with E-state index in [0.29, 0.717) is 12.2 Å². The molecule has 0 bridgehead atoms. The van der Waals surface area contributed by atoms with Gasteiger partial charge < -0.3 is 9.90 Å². The summed E-state index contributed by atoms with van der Waals surface area (Å²) in [5.74, 6) is -2.64. The van der Waals surface area contributed by atoms with Crippen LogP contribution in [-0.4, -0.2) is 39.8 Å². The van der Waals surface area contributed by atoms with Gasteiger partial charge in [-0.2, -0.15) is 0 Å². The number of carboxylic acid groups (broad SMARTS) is 1. The van der Waals surface area contributed by atoms with Gasteiger partial charge in [0, 0.05) is 0 Å². The van der Waals surface area contributed by atoms with Crippen LogP contribution < -0.4 is 5.11 Å². The van der Waals surface area contributed by atoms with Crippen molar-refractivity contribution in [2.75, 3.05) is 0 Å². The van der Waals surface area contributed by atoms with E-state index in [2.05, 4.69) is 0 Å². The summed E-state index contributed by atoms with van der Waals surface area (Å²) in [7, 11) is 0. The van der Waals surface area contributed by atoms with E-state index in [4.69, 9.17) is 7.58 Å². The van der Waals surface area contributed by atoms with E-state index >= 15 is 0 Å². The topological polar surface area (TPSA) is 75.7 Å². The van der Waals surface area contributed by atoms with Crippen molar-refractivity contribution in [3.63, 3.8) is 0 Å². The van der Waals surface area contributed by atoms with Crippen LogP contribution >= 0.6 is 0 Å². The maximum atomic E-state index is 10.2. The molecule has 0 aromatic carbocycles. The summed E-state index contributed by atoms with van der Waals surface area (Å²) in [5.41, 5.74) is 0. The van der Waals surface area contributed by atoms with Crippen molar-refractivity contribution < 1.29 is 22.3 Å². The van der Waals surface area contributed by atoms with Crippen molar-refractivity contribution in [1.29, 1.82) is 0 Å². The standard InChI is InChI=1S/C5H8O3.2C3H7O.Al/c1-3(4(2)6)5(7)8;2*1-3(2)4;/h3H,1-2H3,(H,7,8);2*3H,1-2H3;/q;2*-1;+3/p-1. The fraction of sp³-hybridized carbons (Fsp3) is 0.818. The summed E-state index contributed by atoms with van der Waals surface area (Å²) < 4.78 is 10.4. The van der Waals surface area contributed by atoms with Crippen LogP contribution in [0.1, 0.15) is 41.5 Å². The van der Waals surface area contributed by atoms with Crippen molar-refractivity contribution in [3.05, 3.63) is 0 Å². The average Bonchev–Trinajstić information content (AvgIpc) is 2.15. The molecule has 5 nitrogen and oxygen atoms in total. The molecule has 1 atom stereocenters. The van der Waals surface area contributed by atoms with Gasteiger partial charge in [-0.25, -0.2) is 0 Å². The fourth-order valence-electron chi connectivity index (χ4n) is 0.420. The first kappa shape index (κ1) is 18.9. The van der Waals surface area contributed by atoms with Crippen molar-refractivity contribution in [2.45, 2.75) is 53.8 Å². The van der Waals surface area contributed by atoms with E-state index in [-0.39, 0.29) is 21.7 Å².